The lowest BCUT2D eigenvalue weighted by molar-refractivity contribution is -0.356. The summed E-state index contributed by atoms with van der Waals surface area (Å²) in [5.74, 6) is -6.12. The maximum Gasteiger partial charge on any atom is 0.325 e. The minimum atomic E-state index is -1.96. The molecule has 41 nitrogen and oxygen atoms in total. The summed E-state index contributed by atoms with van der Waals surface area (Å²) in [6.45, 7) is -3.29. The smallest absolute Gasteiger partial charge is 0.325 e. The number of ether oxygens (including phenoxy) is 6. The molecule has 0 saturated carbocycles. The molecule has 2 rings (SSSR count). The van der Waals surface area contributed by atoms with E-state index in [1.54, 1.807) is 9.80 Å². The predicted octanol–water partition coefficient (Wildman–Crippen LogP) is -6.59. The SMILES string of the molecule is O=C(P)OCN(CCN(CCN(CC(=O)OP)CC(=O)OP)C(CCCCNCC(O)COCC1OC(OC2C(COCC(O)CNCCCCC(C(=O)OP)N(CCN(CC(=O)OP)CC(=O)OP)CCN(CC(=O)OP)CC(=O)OP)OC(O)C(O)C2O)C(O)C(O)C1O)C(=O)OP)CC(=O)OP. The second-order valence-corrected chi connectivity index (χ2v) is 26.2. The van der Waals surface area contributed by atoms with Gasteiger partial charge in [-0.3, -0.25) is 72.6 Å². The van der Waals surface area contributed by atoms with Crippen LogP contribution in [0.2, 0.25) is 0 Å². The number of unbranched alkanes of at least 4 members (excludes halogenated alkanes) is 2. The zero-order valence-electron chi connectivity index (χ0n) is 57.5. The Hall–Kier alpha value is -1.84. The average Bonchev–Trinajstić information content (AvgIpc) is 0.788. The molecule has 0 amide bonds. The Morgan fingerprint density at radius 3 is 1.11 bits per heavy atom. The zero-order chi connectivity index (χ0) is 78.6. The fourth-order valence-corrected chi connectivity index (χ4v) is 11.4. The highest BCUT2D eigenvalue weighted by Crippen LogP contribution is 2.30. The first-order valence-corrected chi connectivity index (χ1v) is 37.2. The van der Waals surface area contributed by atoms with E-state index in [1.165, 1.54) is 19.6 Å². The minimum Gasteiger partial charge on any atom is -0.451 e. The van der Waals surface area contributed by atoms with Gasteiger partial charge < -0.3 is 121 Å². The van der Waals surface area contributed by atoms with Gasteiger partial charge in [0.25, 0.3) is 0 Å². The van der Waals surface area contributed by atoms with Crippen molar-refractivity contribution in [3.63, 3.8) is 0 Å². The molecule has 0 aromatic rings. The molecule has 0 aliphatic carbocycles. The molecule has 0 aromatic carbocycles. The second kappa shape index (κ2) is 57.2. The molecule has 2 aliphatic heterocycles. The van der Waals surface area contributed by atoms with Gasteiger partial charge in [-0.15, -0.1) is 0 Å². The van der Waals surface area contributed by atoms with Crippen LogP contribution < -0.4 is 10.6 Å². The van der Waals surface area contributed by atoms with E-state index < -0.39 is 158 Å². The van der Waals surface area contributed by atoms with Crippen molar-refractivity contribution in [3.8, 4) is 0 Å². The molecule has 608 valence electrons. The number of hydrogen-bond donors (Lipinski definition) is 10. The summed E-state index contributed by atoms with van der Waals surface area (Å²) in [6, 6.07) is -1.87. The molecule has 10 N–H and O–H groups in total. The van der Waals surface area contributed by atoms with E-state index in [-0.39, 0.29) is 144 Å². The highest BCUT2D eigenvalue weighted by molar-refractivity contribution is 7.39. The molecule has 0 spiro atoms. The molecule has 24 unspecified atom stereocenters. The quantitative estimate of drug-likeness (QED) is 0.0154. The lowest BCUT2D eigenvalue weighted by atomic mass is 9.97. The average molecular weight is 1700 g/mol. The van der Waals surface area contributed by atoms with Crippen molar-refractivity contribution < 1.29 is 158 Å². The van der Waals surface area contributed by atoms with Crippen LogP contribution in [-0.2, 0) is 112 Å². The fraction of sp³-hybridized carbons (Fsp3) is 0.815. The van der Waals surface area contributed by atoms with Gasteiger partial charge in [0.05, 0.1) is 170 Å². The molecule has 2 fully saturated rings. The lowest BCUT2D eigenvalue weighted by Crippen LogP contribution is -2.64. The summed E-state index contributed by atoms with van der Waals surface area (Å²) < 4.78 is 76.7. The summed E-state index contributed by atoms with van der Waals surface area (Å²) in [5.41, 5.74) is -0.698. The van der Waals surface area contributed by atoms with Crippen molar-refractivity contribution in [2.24, 2.45) is 0 Å². The fourth-order valence-electron chi connectivity index (χ4n) is 10.5. The maximum absolute atomic E-state index is 13.4. The van der Waals surface area contributed by atoms with Gasteiger partial charge in [-0.1, -0.05) is 12.8 Å². The lowest BCUT2D eigenvalue weighted by Gasteiger charge is -2.45. The van der Waals surface area contributed by atoms with Gasteiger partial charge in [-0.05, 0) is 48.0 Å². The van der Waals surface area contributed by atoms with E-state index in [9.17, 15) is 88.8 Å². The molecule has 51 heteroatoms. The van der Waals surface area contributed by atoms with Crippen LogP contribution in [0.25, 0.3) is 0 Å². The van der Waals surface area contributed by atoms with Gasteiger partial charge in [0, 0.05) is 65.4 Å². The van der Waals surface area contributed by atoms with E-state index in [2.05, 4.69) is 10.6 Å². The molecule has 0 radical (unpaired) electrons. The third-order valence-electron chi connectivity index (χ3n) is 16.0. The first kappa shape index (κ1) is 99.2. The van der Waals surface area contributed by atoms with Crippen LogP contribution >= 0.6 is 94.4 Å². The van der Waals surface area contributed by atoms with Crippen molar-refractivity contribution in [1.29, 1.82) is 0 Å². The highest BCUT2D eigenvalue weighted by atomic mass is 31.1. The zero-order valence-corrected chi connectivity index (χ0v) is 69.1. The van der Waals surface area contributed by atoms with Crippen molar-refractivity contribution in [2.75, 3.05) is 158 Å². The summed E-state index contributed by atoms with van der Waals surface area (Å²) in [7, 11) is 18.4. The first-order chi connectivity index (χ1) is 50.0. The van der Waals surface area contributed by atoms with Crippen LogP contribution in [0.3, 0.4) is 0 Å². The Morgan fingerprint density at radius 1 is 0.410 bits per heavy atom. The van der Waals surface area contributed by atoms with Crippen molar-refractivity contribution >= 4 is 154 Å². The number of carbonyl (C=O) groups is 10. The molecule has 2 saturated heterocycles. The van der Waals surface area contributed by atoms with Crippen LogP contribution in [-0.4, -0.2) is 373 Å². The van der Waals surface area contributed by atoms with Gasteiger partial charge in [-0.2, -0.15) is 0 Å². The molecule has 2 aliphatic rings. The van der Waals surface area contributed by atoms with Crippen LogP contribution in [0.5, 0.6) is 0 Å². The van der Waals surface area contributed by atoms with Gasteiger partial charge in [-0.25, -0.2) is 4.79 Å². The van der Waals surface area contributed by atoms with Crippen LogP contribution in [0.1, 0.15) is 38.5 Å². The third kappa shape index (κ3) is 40.5. The summed E-state index contributed by atoms with van der Waals surface area (Å²) in [6.07, 6.45) is -18.0. The van der Waals surface area contributed by atoms with Crippen molar-refractivity contribution in [1.82, 2.24) is 40.0 Å². The van der Waals surface area contributed by atoms with E-state index in [4.69, 9.17) is 69.1 Å². The number of rotatable bonds is 56. The Bertz CT molecular complexity index is 2500. The summed E-state index contributed by atoms with van der Waals surface area (Å²) in [5, 5.41) is 92.8. The standard InChI is InChI=1S/C54H104N8O33P10/c63-31(17-55-7-4-2-6-34(51(78)95-105)62(15-11-59(23-41(69)91-101)24-42(70)92-102)16-12-60(25-43(71)93-103)30-83-54(80)96)26-81-28-35-44(72)45(73)48(76)53(85-35)86-49-36(84-52(79)47(75)46(49)74)29-82-27-32(64)18-56-8-3-1-5-33(50(77)94-104)61(13-9-57(19-37(65)87-97)20-38(66)88-98)14-10-58(21-39(67)89-99)22-40(68)90-100/h31-36,44-49,52-53,55-56,63-64,72-76,79H,1-30,96-105H2. The molecular formula is C54H104N8O33P10. The maximum atomic E-state index is 13.4. The second-order valence-electron chi connectivity index (χ2n) is 23.6. The Balaban J connectivity index is 2.05. The van der Waals surface area contributed by atoms with Crippen LogP contribution in [0.4, 0.5) is 4.79 Å². The van der Waals surface area contributed by atoms with E-state index in [1.807, 2.05) is 94.4 Å². The van der Waals surface area contributed by atoms with Crippen LogP contribution in [0.15, 0.2) is 0 Å². The van der Waals surface area contributed by atoms with Gasteiger partial charge in [0.2, 0.25) is 0 Å². The number of aliphatic hydroxyl groups is 8. The Labute approximate surface area is 630 Å². The number of carbonyl (C=O) groups excluding carboxylic acids is 10. The van der Waals surface area contributed by atoms with Crippen molar-refractivity contribution in [3.05, 3.63) is 0 Å². The van der Waals surface area contributed by atoms with E-state index >= 15 is 0 Å². The van der Waals surface area contributed by atoms with Crippen LogP contribution in [0, 0.1) is 0 Å². The number of nitrogens with one attached hydrogen (secondary N) is 2. The predicted molar refractivity (Wildman–Crippen MR) is 396 cm³/mol. The minimum absolute atomic E-state index is 0.0176. The number of nitrogens with zero attached hydrogens (tertiary/aromatic N) is 6. The van der Waals surface area contributed by atoms with Gasteiger partial charge >= 0.3 is 59.4 Å². The number of aliphatic hydroxyl groups excluding tert-OH is 8. The molecule has 105 heavy (non-hydrogen) atoms. The molecule has 0 bridgehead atoms. The van der Waals surface area contributed by atoms with Crippen molar-refractivity contribution in [2.45, 2.75) is 124 Å². The van der Waals surface area contributed by atoms with Gasteiger partial charge in [0.15, 0.2) is 12.6 Å². The third-order valence-corrected chi connectivity index (χ3v) is 18.4. The summed E-state index contributed by atoms with van der Waals surface area (Å²) >= 11 is 0. The summed E-state index contributed by atoms with van der Waals surface area (Å²) in [4.78, 5) is 133. The normalized spacial score (nSPS) is 21.5. The topological polar surface area (TPSA) is 514 Å². The van der Waals surface area contributed by atoms with Gasteiger partial charge in [0.1, 0.15) is 67.6 Å². The monoisotopic (exact) mass is 1700 g/mol. The first-order valence-electron chi connectivity index (χ1n) is 32.4. The molecule has 0 aromatic heterocycles. The molecule has 2 heterocycles. The molecule has 24 atom stereocenters. The Kier molecular flexibility index (Phi) is 54.1. The largest absolute Gasteiger partial charge is 0.451 e. The van der Waals surface area contributed by atoms with E-state index in [0.717, 1.165) is 0 Å². The van der Waals surface area contributed by atoms with E-state index in [0.29, 0.717) is 38.8 Å². The number of hydrogen-bond acceptors (Lipinski definition) is 41. The highest BCUT2D eigenvalue weighted by Gasteiger charge is 2.51. The molecular weight excluding hydrogens is 1600 g/mol. The Morgan fingerprint density at radius 2 is 0.762 bits per heavy atom.